The van der Waals surface area contributed by atoms with E-state index in [0.29, 0.717) is 19.7 Å². The second kappa shape index (κ2) is 5.19. The summed E-state index contributed by atoms with van der Waals surface area (Å²) in [7, 11) is -3.42. The highest BCUT2D eigenvalue weighted by atomic mass is 32.2. The van der Waals surface area contributed by atoms with Crippen LogP contribution in [0.15, 0.2) is 0 Å². The molecule has 2 aliphatic heterocycles. The Hall–Kier alpha value is -0.210. The maximum atomic E-state index is 12.5. The third kappa shape index (κ3) is 2.63. The zero-order valence-corrected chi connectivity index (χ0v) is 11.0. The molecule has 0 spiro atoms. The van der Waals surface area contributed by atoms with E-state index in [4.69, 9.17) is 10.5 Å². The molecule has 2 fully saturated rings. The van der Waals surface area contributed by atoms with Gasteiger partial charge in [-0.05, 0) is 19.8 Å². The van der Waals surface area contributed by atoms with E-state index in [0.717, 1.165) is 19.3 Å². The molecule has 17 heavy (non-hydrogen) atoms. The van der Waals surface area contributed by atoms with Crippen molar-refractivity contribution in [3.63, 3.8) is 0 Å². The largest absolute Gasteiger partial charge is 0.377 e. The van der Waals surface area contributed by atoms with Gasteiger partial charge in [-0.1, -0.05) is 6.42 Å². The maximum Gasteiger partial charge on any atom is 0.283 e. The molecule has 0 aromatic carbocycles. The van der Waals surface area contributed by atoms with E-state index in [2.05, 4.69) is 0 Å². The van der Waals surface area contributed by atoms with Gasteiger partial charge in [0.1, 0.15) is 0 Å². The molecule has 2 saturated heterocycles. The molecule has 0 aliphatic carbocycles. The van der Waals surface area contributed by atoms with Gasteiger partial charge in [0, 0.05) is 19.1 Å². The molecule has 7 heteroatoms. The Kier molecular flexibility index (Phi) is 4.04. The predicted molar refractivity (Wildman–Crippen MR) is 64.4 cm³/mol. The summed E-state index contributed by atoms with van der Waals surface area (Å²) in [5, 5.41) is 0. The minimum Gasteiger partial charge on any atom is -0.377 e. The Bertz CT molecular complexity index is 332. The lowest BCUT2D eigenvalue weighted by Crippen LogP contribution is -2.59. The third-order valence-electron chi connectivity index (χ3n) is 3.45. The molecular weight excluding hydrogens is 242 g/mol. The average Bonchev–Trinajstić information content (AvgIpc) is 2.29. The molecule has 2 atom stereocenters. The molecular formula is C10H21N3O3S. The molecule has 2 N–H and O–H groups in total. The number of morpholine rings is 1. The third-order valence-corrected chi connectivity index (χ3v) is 5.63. The molecule has 0 saturated carbocycles. The van der Waals surface area contributed by atoms with E-state index in [-0.39, 0.29) is 12.6 Å². The zero-order chi connectivity index (χ0) is 12.5. The number of hydrogen-bond acceptors (Lipinski definition) is 4. The SMILES string of the molecule is CC1CCCCN1S(=O)(=O)N1CCOCC1N. The molecule has 2 rings (SSSR count). The maximum absolute atomic E-state index is 12.5. The van der Waals surface area contributed by atoms with E-state index < -0.39 is 16.4 Å². The van der Waals surface area contributed by atoms with Gasteiger partial charge in [0.15, 0.2) is 0 Å². The van der Waals surface area contributed by atoms with Gasteiger partial charge in [0.25, 0.3) is 10.2 Å². The Morgan fingerprint density at radius 3 is 2.65 bits per heavy atom. The van der Waals surface area contributed by atoms with Crippen molar-refractivity contribution in [1.82, 2.24) is 8.61 Å². The van der Waals surface area contributed by atoms with Crippen LogP contribution in [0.2, 0.25) is 0 Å². The first-order chi connectivity index (χ1) is 8.03. The van der Waals surface area contributed by atoms with E-state index >= 15 is 0 Å². The highest BCUT2D eigenvalue weighted by molar-refractivity contribution is 7.86. The van der Waals surface area contributed by atoms with Crippen LogP contribution >= 0.6 is 0 Å². The Balaban J connectivity index is 2.16. The smallest absolute Gasteiger partial charge is 0.283 e. The molecule has 2 aliphatic rings. The minimum absolute atomic E-state index is 0.0730. The van der Waals surface area contributed by atoms with Gasteiger partial charge < -0.3 is 10.5 Å². The summed E-state index contributed by atoms with van der Waals surface area (Å²) in [6.07, 6.45) is 2.41. The van der Waals surface area contributed by atoms with Crippen molar-refractivity contribution in [2.75, 3.05) is 26.3 Å². The second-order valence-electron chi connectivity index (χ2n) is 4.72. The zero-order valence-electron chi connectivity index (χ0n) is 10.2. The lowest BCUT2D eigenvalue weighted by molar-refractivity contribution is 0.0307. The average molecular weight is 263 g/mol. The van der Waals surface area contributed by atoms with Crippen molar-refractivity contribution in [3.05, 3.63) is 0 Å². The molecule has 0 bridgehead atoms. The molecule has 2 heterocycles. The van der Waals surface area contributed by atoms with Gasteiger partial charge in [-0.15, -0.1) is 0 Å². The number of hydrogen-bond donors (Lipinski definition) is 1. The van der Waals surface area contributed by atoms with Gasteiger partial charge in [-0.25, -0.2) is 0 Å². The lowest BCUT2D eigenvalue weighted by Gasteiger charge is -2.39. The summed E-state index contributed by atoms with van der Waals surface area (Å²) < 4.78 is 33.1. The molecule has 2 unspecified atom stereocenters. The molecule has 0 amide bonds. The van der Waals surface area contributed by atoms with Crippen LogP contribution < -0.4 is 5.73 Å². The normalized spacial score (nSPS) is 33.8. The highest BCUT2D eigenvalue weighted by Gasteiger charge is 2.38. The number of nitrogens with two attached hydrogens (primary N) is 1. The number of ether oxygens (including phenoxy) is 1. The summed E-state index contributed by atoms with van der Waals surface area (Å²) in [5.41, 5.74) is 5.81. The first-order valence-corrected chi connectivity index (χ1v) is 7.55. The Morgan fingerprint density at radius 1 is 1.24 bits per heavy atom. The number of nitrogens with zero attached hydrogens (tertiary/aromatic N) is 2. The molecule has 100 valence electrons. The van der Waals surface area contributed by atoms with E-state index in [1.54, 1.807) is 4.31 Å². The summed E-state index contributed by atoms with van der Waals surface area (Å²) in [6.45, 7) is 3.62. The summed E-state index contributed by atoms with van der Waals surface area (Å²) >= 11 is 0. The Labute approximate surface area is 103 Å². The standard InChI is InChI=1S/C10H21N3O3S/c1-9-4-2-3-5-12(9)17(14,15)13-6-7-16-8-10(13)11/h9-10H,2-8,11H2,1H3. The molecule has 0 aromatic heterocycles. The number of piperidine rings is 1. The van der Waals surface area contributed by atoms with Crippen LogP contribution in [0.5, 0.6) is 0 Å². The van der Waals surface area contributed by atoms with Crippen LogP contribution in [0.4, 0.5) is 0 Å². The predicted octanol–water partition coefficient (Wildman–Crippen LogP) is -0.277. The van der Waals surface area contributed by atoms with Crippen molar-refractivity contribution in [2.24, 2.45) is 5.73 Å². The van der Waals surface area contributed by atoms with Gasteiger partial charge in [0.2, 0.25) is 0 Å². The lowest BCUT2D eigenvalue weighted by atomic mass is 10.1. The summed E-state index contributed by atoms with van der Waals surface area (Å²) in [6, 6.07) is 0.0730. The van der Waals surface area contributed by atoms with Crippen LogP contribution in [0.1, 0.15) is 26.2 Å². The molecule has 6 nitrogen and oxygen atoms in total. The van der Waals surface area contributed by atoms with Crippen molar-refractivity contribution >= 4 is 10.2 Å². The molecule has 0 radical (unpaired) electrons. The van der Waals surface area contributed by atoms with Crippen molar-refractivity contribution in [2.45, 2.75) is 38.4 Å². The summed E-state index contributed by atoms with van der Waals surface area (Å²) in [4.78, 5) is 0. The van der Waals surface area contributed by atoms with Crippen molar-refractivity contribution in [1.29, 1.82) is 0 Å². The van der Waals surface area contributed by atoms with Gasteiger partial charge in [-0.3, -0.25) is 0 Å². The Morgan fingerprint density at radius 2 is 2.00 bits per heavy atom. The van der Waals surface area contributed by atoms with Crippen LogP contribution in [0.25, 0.3) is 0 Å². The van der Waals surface area contributed by atoms with Gasteiger partial charge >= 0.3 is 0 Å². The minimum atomic E-state index is -3.42. The van der Waals surface area contributed by atoms with Crippen LogP contribution in [-0.2, 0) is 14.9 Å². The second-order valence-corrected chi connectivity index (χ2v) is 6.55. The van der Waals surface area contributed by atoms with Crippen molar-refractivity contribution in [3.8, 4) is 0 Å². The van der Waals surface area contributed by atoms with Crippen molar-refractivity contribution < 1.29 is 13.2 Å². The van der Waals surface area contributed by atoms with Crippen LogP contribution in [0, 0.1) is 0 Å². The highest BCUT2D eigenvalue weighted by Crippen LogP contribution is 2.23. The first-order valence-electron chi connectivity index (χ1n) is 6.15. The first kappa shape index (κ1) is 13.2. The quantitative estimate of drug-likeness (QED) is 0.743. The fourth-order valence-electron chi connectivity index (χ4n) is 2.44. The monoisotopic (exact) mass is 263 g/mol. The van der Waals surface area contributed by atoms with E-state index in [9.17, 15) is 8.42 Å². The van der Waals surface area contributed by atoms with Gasteiger partial charge in [0.05, 0.1) is 19.4 Å². The number of rotatable bonds is 2. The van der Waals surface area contributed by atoms with E-state index in [1.165, 1.54) is 4.31 Å². The fourth-order valence-corrected chi connectivity index (χ4v) is 4.34. The van der Waals surface area contributed by atoms with Gasteiger partial charge in [-0.2, -0.15) is 17.0 Å². The van der Waals surface area contributed by atoms with Crippen LogP contribution in [-0.4, -0.2) is 55.5 Å². The summed E-state index contributed by atoms with van der Waals surface area (Å²) in [5.74, 6) is 0. The topological polar surface area (TPSA) is 75.9 Å². The van der Waals surface area contributed by atoms with E-state index in [1.807, 2.05) is 6.92 Å². The fraction of sp³-hybridized carbons (Fsp3) is 1.00. The van der Waals surface area contributed by atoms with Crippen LogP contribution in [0.3, 0.4) is 0 Å². The molecule has 0 aromatic rings.